The molecule has 8 nitrogen and oxygen atoms in total. The maximum atomic E-state index is 11.7. The predicted octanol–water partition coefficient (Wildman–Crippen LogP) is -0.161. The summed E-state index contributed by atoms with van der Waals surface area (Å²) in [5.74, 6) is 0.198. The fraction of sp³-hybridized carbons (Fsp3) is 0.545. The number of hydrogen-bond donors (Lipinski definition) is 3. The Morgan fingerprint density at radius 3 is 2.89 bits per heavy atom. The SMILES string of the molecule is CCCCOc1nc(N)c2[nH]c(=O)n(CCN)c2n1. The van der Waals surface area contributed by atoms with Gasteiger partial charge in [0.15, 0.2) is 11.5 Å². The number of nitrogens with one attached hydrogen (secondary N) is 1. The van der Waals surface area contributed by atoms with E-state index in [1.807, 2.05) is 0 Å². The smallest absolute Gasteiger partial charge is 0.327 e. The van der Waals surface area contributed by atoms with E-state index in [2.05, 4.69) is 21.9 Å². The summed E-state index contributed by atoms with van der Waals surface area (Å²) in [6, 6.07) is 0.184. The molecular formula is C11H18N6O2. The monoisotopic (exact) mass is 266 g/mol. The number of unbranched alkanes of at least 4 members (excludes halogenated alkanes) is 1. The summed E-state index contributed by atoms with van der Waals surface area (Å²) in [5, 5.41) is 0. The topological polar surface area (TPSA) is 125 Å². The van der Waals surface area contributed by atoms with E-state index >= 15 is 0 Å². The molecule has 0 saturated carbocycles. The fourth-order valence-electron chi connectivity index (χ4n) is 1.74. The van der Waals surface area contributed by atoms with E-state index in [0.717, 1.165) is 12.8 Å². The van der Waals surface area contributed by atoms with Gasteiger partial charge in [-0.25, -0.2) is 4.79 Å². The molecule has 0 radical (unpaired) electrons. The van der Waals surface area contributed by atoms with Gasteiger partial charge in [-0.15, -0.1) is 0 Å². The summed E-state index contributed by atoms with van der Waals surface area (Å²) in [4.78, 5) is 22.6. The molecule has 0 aliphatic rings. The first kappa shape index (κ1) is 13.3. The average Bonchev–Trinajstić information content (AvgIpc) is 2.69. The maximum absolute atomic E-state index is 11.7. The van der Waals surface area contributed by atoms with E-state index in [9.17, 15) is 4.79 Å². The lowest BCUT2D eigenvalue weighted by Gasteiger charge is -2.05. The highest BCUT2D eigenvalue weighted by Gasteiger charge is 2.13. The second kappa shape index (κ2) is 5.70. The second-order valence-corrected chi connectivity index (χ2v) is 4.16. The van der Waals surface area contributed by atoms with Crippen LogP contribution in [0.5, 0.6) is 6.01 Å². The van der Waals surface area contributed by atoms with Gasteiger partial charge in [-0.1, -0.05) is 13.3 Å². The number of hydrogen-bond acceptors (Lipinski definition) is 6. The second-order valence-electron chi connectivity index (χ2n) is 4.16. The molecule has 0 aromatic carbocycles. The molecule has 2 heterocycles. The van der Waals surface area contributed by atoms with Gasteiger partial charge >= 0.3 is 11.7 Å². The lowest BCUT2D eigenvalue weighted by molar-refractivity contribution is 0.286. The number of rotatable bonds is 6. The molecule has 0 amide bonds. The summed E-state index contributed by atoms with van der Waals surface area (Å²) in [6.45, 7) is 3.28. The number of ether oxygens (including phenoxy) is 1. The zero-order chi connectivity index (χ0) is 13.8. The summed E-state index contributed by atoms with van der Waals surface area (Å²) in [5.41, 5.74) is 11.8. The van der Waals surface area contributed by atoms with Crippen molar-refractivity contribution in [2.24, 2.45) is 5.73 Å². The minimum atomic E-state index is -0.299. The summed E-state index contributed by atoms with van der Waals surface area (Å²) < 4.78 is 6.85. The van der Waals surface area contributed by atoms with Gasteiger partial charge in [0.05, 0.1) is 6.61 Å². The van der Waals surface area contributed by atoms with Crippen LogP contribution >= 0.6 is 0 Å². The van der Waals surface area contributed by atoms with Crippen LogP contribution < -0.4 is 21.9 Å². The van der Waals surface area contributed by atoms with Crippen LogP contribution in [0.25, 0.3) is 11.2 Å². The normalized spacial score (nSPS) is 11.1. The van der Waals surface area contributed by atoms with Crippen molar-refractivity contribution in [3.8, 4) is 6.01 Å². The number of imidazole rings is 1. The van der Waals surface area contributed by atoms with Crippen LogP contribution in [0.15, 0.2) is 4.79 Å². The van der Waals surface area contributed by atoms with Gasteiger partial charge in [-0.3, -0.25) is 4.57 Å². The molecule has 0 aliphatic carbocycles. The van der Waals surface area contributed by atoms with E-state index in [1.54, 1.807) is 0 Å². The lowest BCUT2D eigenvalue weighted by Crippen LogP contribution is -2.21. The molecule has 0 saturated heterocycles. The summed E-state index contributed by atoms with van der Waals surface area (Å²) in [7, 11) is 0. The van der Waals surface area contributed by atoms with Crippen LogP contribution in [0.3, 0.4) is 0 Å². The third-order valence-corrected chi connectivity index (χ3v) is 2.71. The van der Waals surface area contributed by atoms with Crippen molar-refractivity contribution in [3.05, 3.63) is 10.5 Å². The fourth-order valence-corrected chi connectivity index (χ4v) is 1.74. The van der Waals surface area contributed by atoms with Crippen LogP contribution in [0.4, 0.5) is 5.82 Å². The number of nitrogen functional groups attached to an aromatic ring is 1. The highest BCUT2D eigenvalue weighted by molar-refractivity contribution is 5.81. The standard InChI is InChI=1S/C11H18N6O2/c1-2-3-6-19-10-15-8(13)7-9(16-10)17(5-4-12)11(18)14-7/h2-6,12H2,1H3,(H,14,18)(H2,13,15,16). The van der Waals surface area contributed by atoms with E-state index < -0.39 is 0 Å². The van der Waals surface area contributed by atoms with Crippen LogP contribution in [0.1, 0.15) is 19.8 Å². The molecule has 0 atom stereocenters. The predicted molar refractivity (Wildman–Crippen MR) is 72.0 cm³/mol. The molecule has 0 spiro atoms. The number of aromatic nitrogens is 4. The number of H-pyrrole nitrogens is 1. The van der Waals surface area contributed by atoms with Crippen LogP contribution in [-0.2, 0) is 6.54 Å². The first-order valence-corrected chi connectivity index (χ1v) is 6.26. The van der Waals surface area contributed by atoms with E-state index in [0.29, 0.717) is 30.9 Å². The van der Waals surface area contributed by atoms with Crippen molar-refractivity contribution < 1.29 is 4.74 Å². The molecule has 19 heavy (non-hydrogen) atoms. The Morgan fingerprint density at radius 2 is 2.21 bits per heavy atom. The third-order valence-electron chi connectivity index (χ3n) is 2.71. The van der Waals surface area contributed by atoms with E-state index in [1.165, 1.54) is 4.57 Å². The van der Waals surface area contributed by atoms with Crippen LogP contribution in [0, 0.1) is 0 Å². The quantitative estimate of drug-likeness (QED) is 0.624. The zero-order valence-corrected chi connectivity index (χ0v) is 10.8. The van der Waals surface area contributed by atoms with Crippen molar-refractivity contribution in [1.82, 2.24) is 19.5 Å². The molecule has 8 heteroatoms. The van der Waals surface area contributed by atoms with Crippen molar-refractivity contribution in [1.29, 1.82) is 0 Å². The van der Waals surface area contributed by atoms with Gasteiger partial charge in [-0.2, -0.15) is 9.97 Å². The summed E-state index contributed by atoms with van der Waals surface area (Å²) >= 11 is 0. The minimum absolute atomic E-state index is 0.184. The molecule has 104 valence electrons. The molecule has 0 bridgehead atoms. The minimum Gasteiger partial charge on any atom is -0.463 e. The molecule has 0 aliphatic heterocycles. The van der Waals surface area contributed by atoms with Crippen molar-refractivity contribution in [2.75, 3.05) is 18.9 Å². The summed E-state index contributed by atoms with van der Waals surface area (Å²) in [6.07, 6.45) is 1.92. The van der Waals surface area contributed by atoms with Crippen molar-refractivity contribution >= 4 is 17.0 Å². The van der Waals surface area contributed by atoms with Crippen LogP contribution in [-0.4, -0.2) is 32.7 Å². The van der Waals surface area contributed by atoms with E-state index in [4.69, 9.17) is 16.2 Å². The van der Waals surface area contributed by atoms with Gasteiger partial charge in [0.25, 0.3) is 0 Å². The third kappa shape index (κ3) is 2.68. The number of aromatic amines is 1. The Morgan fingerprint density at radius 1 is 1.42 bits per heavy atom. The number of fused-ring (bicyclic) bond motifs is 1. The van der Waals surface area contributed by atoms with Gasteiger partial charge in [0.1, 0.15) is 5.52 Å². The molecule has 0 fully saturated rings. The molecule has 5 N–H and O–H groups in total. The Bertz CT molecular complexity index is 617. The lowest BCUT2D eigenvalue weighted by atomic mass is 10.4. The highest BCUT2D eigenvalue weighted by atomic mass is 16.5. The Kier molecular flexibility index (Phi) is 4.00. The number of nitrogens with two attached hydrogens (primary N) is 2. The number of nitrogens with zero attached hydrogens (tertiary/aromatic N) is 3. The van der Waals surface area contributed by atoms with Gasteiger partial charge in [-0.05, 0) is 6.42 Å². The Labute approximate surface area is 109 Å². The Balaban J connectivity index is 2.41. The highest BCUT2D eigenvalue weighted by Crippen LogP contribution is 2.17. The van der Waals surface area contributed by atoms with Gasteiger partial charge < -0.3 is 21.2 Å². The molecule has 2 aromatic heterocycles. The molecule has 2 rings (SSSR count). The van der Waals surface area contributed by atoms with Crippen LogP contribution in [0.2, 0.25) is 0 Å². The average molecular weight is 266 g/mol. The molecular weight excluding hydrogens is 248 g/mol. The molecule has 2 aromatic rings. The Hall–Kier alpha value is -2.09. The largest absolute Gasteiger partial charge is 0.463 e. The van der Waals surface area contributed by atoms with Gasteiger partial charge in [0, 0.05) is 13.1 Å². The molecule has 0 unspecified atom stereocenters. The van der Waals surface area contributed by atoms with Crippen molar-refractivity contribution in [2.45, 2.75) is 26.3 Å². The maximum Gasteiger partial charge on any atom is 0.327 e. The number of anilines is 1. The first-order valence-electron chi connectivity index (χ1n) is 6.26. The first-order chi connectivity index (χ1) is 9.17. The van der Waals surface area contributed by atoms with Gasteiger partial charge in [0.2, 0.25) is 0 Å². The van der Waals surface area contributed by atoms with E-state index in [-0.39, 0.29) is 17.5 Å². The zero-order valence-electron chi connectivity index (χ0n) is 10.8. The van der Waals surface area contributed by atoms with Crippen molar-refractivity contribution in [3.63, 3.8) is 0 Å².